The van der Waals surface area contributed by atoms with E-state index in [0.29, 0.717) is 0 Å². The van der Waals surface area contributed by atoms with Gasteiger partial charge in [-0.2, -0.15) is 13.2 Å². The maximum Gasteiger partial charge on any atom is 0.420 e. The summed E-state index contributed by atoms with van der Waals surface area (Å²) in [5, 5.41) is 0. The fourth-order valence-corrected chi connectivity index (χ4v) is 2.28. The van der Waals surface area contributed by atoms with Gasteiger partial charge in [-0.25, -0.2) is 4.39 Å². The lowest BCUT2D eigenvalue weighted by Gasteiger charge is -2.14. The van der Waals surface area contributed by atoms with Crippen molar-refractivity contribution >= 4 is 31.9 Å². The summed E-state index contributed by atoms with van der Waals surface area (Å²) in [6, 6.07) is 7.02. The zero-order valence-electron chi connectivity index (χ0n) is 9.64. The van der Waals surface area contributed by atoms with E-state index >= 15 is 0 Å². The lowest BCUT2D eigenvalue weighted by atomic mass is 10.2. The van der Waals surface area contributed by atoms with Crippen molar-refractivity contribution in [2.75, 3.05) is 0 Å². The van der Waals surface area contributed by atoms with Gasteiger partial charge in [-0.3, -0.25) is 0 Å². The van der Waals surface area contributed by atoms with Crippen LogP contribution in [-0.4, -0.2) is 0 Å². The smallest absolute Gasteiger partial charge is 0.420 e. The topological polar surface area (TPSA) is 9.23 Å². The van der Waals surface area contributed by atoms with Gasteiger partial charge in [0.2, 0.25) is 0 Å². The molecular formula is C13H6Br2F4O. The molecule has 20 heavy (non-hydrogen) atoms. The molecule has 0 radical (unpaired) electrons. The number of halogens is 6. The molecule has 0 N–H and O–H groups in total. The van der Waals surface area contributed by atoms with Crippen LogP contribution in [0.3, 0.4) is 0 Å². The van der Waals surface area contributed by atoms with Crippen molar-refractivity contribution in [1.82, 2.24) is 0 Å². The number of hydrogen-bond acceptors (Lipinski definition) is 1. The van der Waals surface area contributed by atoms with Crippen LogP contribution in [0.25, 0.3) is 0 Å². The van der Waals surface area contributed by atoms with Crippen molar-refractivity contribution in [3.05, 3.63) is 56.7 Å². The van der Waals surface area contributed by atoms with Crippen molar-refractivity contribution in [3.63, 3.8) is 0 Å². The summed E-state index contributed by atoms with van der Waals surface area (Å²) >= 11 is 6.02. The molecule has 0 spiro atoms. The minimum Gasteiger partial charge on any atom is -0.456 e. The van der Waals surface area contributed by atoms with Crippen LogP contribution in [0, 0.1) is 5.82 Å². The van der Waals surface area contributed by atoms with Gasteiger partial charge >= 0.3 is 6.18 Å². The Hall–Kier alpha value is -1.08. The zero-order chi connectivity index (χ0) is 14.9. The SMILES string of the molecule is Fc1ccc(Oc2ccc(Br)cc2C(F)(F)F)c(Br)c1. The molecule has 0 unspecified atom stereocenters. The van der Waals surface area contributed by atoms with Crippen molar-refractivity contribution in [2.45, 2.75) is 6.18 Å². The third kappa shape index (κ3) is 3.52. The summed E-state index contributed by atoms with van der Waals surface area (Å²) < 4.78 is 57.4. The van der Waals surface area contributed by atoms with Crippen molar-refractivity contribution < 1.29 is 22.3 Å². The van der Waals surface area contributed by atoms with Gasteiger partial charge in [-0.05, 0) is 52.3 Å². The predicted octanol–water partition coefficient (Wildman–Crippen LogP) is 6.16. The van der Waals surface area contributed by atoms with Crippen LogP contribution in [-0.2, 0) is 6.18 Å². The highest BCUT2D eigenvalue weighted by molar-refractivity contribution is 9.10. The van der Waals surface area contributed by atoms with E-state index in [0.717, 1.165) is 18.2 Å². The second kappa shape index (κ2) is 5.73. The van der Waals surface area contributed by atoms with E-state index in [1.807, 2.05) is 0 Å². The van der Waals surface area contributed by atoms with Crippen LogP contribution < -0.4 is 4.74 Å². The average molecular weight is 414 g/mol. The van der Waals surface area contributed by atoms with E-state index in [4.69, 9.17) is 4.74 Å². The standard InChI is InChI=1S/C13H6Br2F4O/c14-7-1-3-11(9(5-7)13(17,18)19)20-12-4-2-8(16)6-10(12)15/h1-6H. The Morgan fingerprint density at radius 2 is 1.55 bits per heavy atom. The van der Waals surface area contributed by atoms with Gasteiger partial charge in [-0.1, -0.05) is 15.9 Å². The highest BCUT2D eigenvalue weighted by atomic mass is 79.9. The number of ether oxygens (including phenoxy) is 1. The van der Waals surface area contributed by atoms with Gasteiger partial charge in [0.25, 0.3) is 0 Å². The quantitative estimate of drug-likeness (QED) is 0.535. The van der Waals surface area contributed by atoms with E-state index in [1.165, 1.54) is 18.2 Å². The molecule has 0 aliphatic carbocycles. The highest BCUT2D eigenvalue weighted by Crippen LogP contribution is 2.40. The van der Waals surface area contributed by atoms with E-state index in [2.05, 4.69) is 31.9 Å². The Bertz CT molecular complexity index is 641. The summed E-state index contributed by atoms with van der Waals surface area (Å²) in [6.07, 6.45) is -4.55. The van der Waals surface area contributed by atoms with Crippen LogP contribution in [0.5, 0.6) is 11.5 Å². The third-order valence-electron chi connectivity index (χ3n) is 2.36. The fraction of sp³-hybridized carbons (Fsp3) is 0.0769. The van der Waals surface area contributed by atoms with Crippen LogP contribution in [0.15, 0.2) is 45.3 Å². The van der Waals surface area contributed by atoms with E-state index in [9.17, 15) is 17.6 Å². The second-order valence-corrected chi connectivity index (χ2v) is 5.59. The Morgan fingerprint density at radius 1 is 0.900 bits per heavy atom. The fourth-order valence-electron chi connectivity index (χ4n) is 1.49. The van der Waals surface area contributed by atoms with Crippen LogP contribution in [0.1, 0.15) is 5.56 Å². The predicted molar refractivity (Wildman–Crippen MR) is 73.3 cm³/mol. The monoisotopic (exact) mass is 412 g/mol. The Kier molecular flexibility index (Phi) is 4.39. The molecule has 0 saturated carbocycles. The van der Waals surface area contributed by atoms with Crippen molar-refractivity contribution in [2.24, 2.45) is 0 Å². The molecule has 0 heterocycles. The van der Waals surface area contributed by atoms with Gasteiger partial charge in [0.15, 0.2) is 0 Å². The van der Waals surface area contributed by atoms with Gasteiger partial charge in [0.05, 0.1) is 10.0 Å². The molecule has 1 nitrogen and oxygen atoms in total. The van der Waals surface area contributed by atoms with Crippen LogP contribution >= 0.6 is 31.9 Å². The summed E-state index contributed by atoms with van der Waals surface area (Å²) in [5.74, 6) is -0.775. The first-order valence-corrected chi connectivity index (χ1v) is 6.85. The first-order valence-electron chi connectivity index (χ1n) is 5.27. The first-order chi connectivity index (χ1) is 9.27. The maximum absolute atomic E-state index is 12.9. The molecule has 0 amide bonds. The molecule has 0 atom stereocenters. The molecule has 0 aliphatic rings. The number of benzene rings is 2. The first kappa shape index (κ1) is 15.3. The molecule has 106 valence electrons. The molecule has 0 saturated heterocycles. The molecular weight excluding hydrogens is 408 g/mol. The van der Waals surface area contributed by atoms with E-state index in [1.54, 1.807) is 0 Å². The Morgan fingerprint density at radius 3 is 2.15 bits per heavy atom. The minimum atomic E-state index is -4.55. The molecule has 7 heteroatoms. The minimum absolute atomic E-state index is 0.0965. The van der Waals surface area contributed by atoms with Gasteiger partial charge in [0.1, 0.15) is 17.3 Å². The molecule has 0 aromatic heterocycles. The zero-order valence-corrected chi connectivity index (χ0v) is 12.8. The molecule has 0 fully saturated rings. The van der Waals surface area contributed by atoms with E-state index in [-0.39, 0.29) is 20.4 Å². The normalized spacial score (nSPS) is 11.5. The number of hydrogen-bond donors (Lipinski definition) is 0. The highest BCUT2D eigenvalue weighted by Gasteiger charge is 2.34. The summed E-state index contributed by atoms with van der Waals surface area (Å²) in [5.41, 5.74) is -0.914. The second-order valence-electron chi connectivity index (χ2n) is 3.82. The van der Waals surface area contributed by atoms with Crippen LogP contribution in [0.2, 0.25) is 0 Å². The summed E-state index contributed by atoms with van der Waals surface area (Å²) in [7, 11) is 0. The number of alkyl halides is 3. The van der Waals surface area contributed by atoms with Crippen LogP contribution in [0.4, 0.5) is 17.6 Å². The maximum atomic E-state index is 12.9. The molecule has 2 rings (SSSR count). The third-order valence-corrected chi connectivity index (χ3v) is 3.47. The summed E-state index contributed by atoms with van der Waals surface area (Å²) in [6.45, 7) is 0. The summed E-state index contributed by atoms with van der Waals surface area (Å²) in [4.78, 5) is 0. The average Bonchev–Trinajstić information content (AvgIpc) is 2.33. The molecule has 2 aromatic carbocycles. The Labute approximate surface area is 128 Å². The van der Waals surface area contributed by atoms with Gasteiger partial charge in [0, 0.05) is 4.47 Å². The lowest BCUT2D eigenvalue weighted by molar-refractivity contribution is -0.138. The lowest BCUT2D eigenvalue weighted by Crippen LogP contribution is -2.07. The van der Waals surface area contributed by atoms with Crippen molar-refractivity contribution in [3.8, 4) is 11.5 Å². The van der Waals surface area contributed by atoms with E-state index < -0.39 is 17.6 Å². The van der Waals surface area contributed by atoms with Gasteiger partial charge < -0.3 is 4.74 Å². The molecule has 0 bridgehead atoms. The van der Waals surface area contributed by atoms with Crippen molar-refractivity contribution in [1.29, 1.82) is 0 Å². The largest absolute Gasteiger partial charge is 0.456 e. The number of rotatable bonds is 2. The molecule has 2 aromatic rings. The molecule has 0 aliphatic heterocycles. The Balaban J connectivity index is 2.43. The van der Waals surface area contributed by atoms with Gasteiger partial charge in [-0.15, -0.1) is 0 Å².